The van der Waals surface area contributed by atoms with E-state index in [1.807, 2.05) is 12.1 Å². The molecule has 0 saturated heterocycles. The number of carbonyl (C=O) groups is 1. The molecule has 146 valence electrons. The fourth-order valence-electron chi connectivity index (χ4n) is 3.28. The van der Waals surface area contributed by atoms with E-state index < -0.39 is 5.63 Å². The third kappa shape index (κ3) is 3.60. The molecule has 1 amide bonds. The van der Waals surface area contributed by atoms with Gasteiger partial charge in [-0.25, -0.2) is 14.3 Å². The second-order valence-corrected chi connectivity index (χ2v) is 6.70. The SMILES string of the molecule is Cc1cc(=O)oc(C)c1C(=O)Nc1cccc(Cn2nc3ccccn3c2=O)c1. The van der Waals surface area contributed by atoms with Crippen LogP contribution in [0.15, 0.2) is 68.7 Å². The van der Waals surface area contributed by atoms with E-state index in [1.54, 1.807) is 50.4 Å². The molecule has 0 aliphatic rings. The third-order valence-electron chi connectivity index (χ3n) is 4.57. The van der Waals surface area contributed by atoms with E-state index in [4.69, 9.17) is 4.42 Å². The van der Waals surface area contributed by atoms with Crippen molar-refractivity contribution in [1.82, 2.24) is 14.2 Å². The van der Waals surface area contributed by atoms with E-state index in [9.17, 15) is 14.4 Å². The molecule has 4 aromatic rings. The lowest BCUT2D eigenvalue weighted by Gasteiger charge is -2.10. The van der Waals surface area contributed by atoms with Crippen molar-refractivity contribution < 1.29 is 9.21 Å². The standard InChI is InChI=1S/C21H18N4O4/c1-13-10-18(26)29-14(2)19(13)20(27)22-16-7-5-6-15(11-16)12-25-21(28)24-9-4-3-8-17(24)23-25/h3-11H,12H2,1-2H3,(H,22,27). The number of amides is 1. The Kier molecular flexibility index (Phi) is 4.59. The lowest BCUT2D eigenvalue weighted by Crippen LogP contribution is -2.21. The summed E-state index contributed by atoms with van der Waals surface area (Å²) in [6.07, 6.45) is 1.67. The van der Waals surface area contributed by atoms with Crippen molar-refractivity contribution in [3.8, 4) is 0 Å². The molecule has 8 heteroatoms. The summed E-state index contributed by atoms with van der Waals surface area (Å²) in [5.41, 5.74) is 2.08. The van der Waals surface area contributed by atoms with Crippen LogP contribution in [-0.2, 0) is 6.54 Å². The zero-order chi connectivity index (χ0) is 20.5. The van der Waals surface area contributed by atoms with Crippen LogP contribution in [0.3, 0.4) is 0 Å². The van der Waals surface area contributed by atoms with Crippen LogP contribution < -0.4 is 16.6 Å². The number of nitrogens with one attached hydrogen (secondary N) is 1. The van der Waals surface area contributed by atoms with E-state index >= 15 is 0 Å². The van der Waals surface area contributed by atoms with Gasteiger partial charge in [0.1, 0.15) is 5.76 Å². The zero-order valence-electron chi connectivity index (χ0n) is 15.9. The Morgan fingerprint density at radius 2 is 1.93 bits per heavy atom. The fraction of sp³-hybridized carbons (Fsp3) is 0.143. The number of benzene rings is 1. The van der Waals surface area contributed by atoms with Crippen molar-refractivity contribution in [2.75, 3.05) is 5.32 Å². The van der Waals surface area contributed by atoms with Crippen LogP contribution in [0.2, 0.25) is 0 Å². The molecule has 0 atom stereocenters. The van der Waals surface area contributed by atoms with Crippen LogP contribution in [0.1, 0.15) is 27.2 Å². The molecule has 29 heavy (non-hydrogen) atoms. The van der Waals surface area contributed by atoms with E-state index in [0.717, 1.165) is 5.56 Å². The highest BCUT2D eigenvalue weighted by Gasteiger charge is 2.16. The van der Waals surface area contributed by atoms with Crippen molar-refractivity contribution >= 4 is 17.2 Å². The van der Waals surface area contributed by atoms with Crippen molar-refractivity contribution in [3.63, 3.8) is 0 Å². The first-order chi connectivity index (χ1) is 13.9. The summed E-state index contributed by atoms with van der Waals surface area (Å²) < 4.78 is 7.87. The second-order valence-electron chi connectivity index (χ2n) is 6.70. The van der Waals surface area contributed by atoms with Gasteiger partial charge in [0.25, 0.3) is 5.91 Å². The lowest BCUT2D eigenvalue weighted by molar-refractivity contribution is 0.102. The van der Waals surface area contributed by atoms with Crippen molar-refractivity contribution in [2.24, 2.45) is 0 Å². The molecule has 1 aromatic carbocycles. The molecule has 8 nitrogen and oxygen atoms in total. The average Bonchev–Trinajstić information content (AvgIpc) is 2.97. The minimum absolute atomic E-state index is 0.236. The van der Waals surface area contributed by atoms with Crippen LogP contribution in [0, 0.1) is 13.8 Å². The summed E-state index contributed by atoms with van der Waals surface area (Å²) in [6, 6.07) is 13.8. The first kappa shape index (κ1) is 18.4. The highest BCUT2D eigenvalue weighted by molar-refractivity contribution is 6.05. The first-order valence-electron chi connectivity index (χ1n) is 8.98. The zero-order valence-corrected chi connectivity index (χ0v) is 15.9. The van der Waals surface area contributed by atoms with Crippen molar-refractivity contribution in [3.05, 3.63) is 98.1 Å². The normalized spacial score (nSPS) is 11.0. The largest absolute Gasteiger partial charge is 0.427 e. The highest BCUT2D eigenvalue weighted by Crippen LogP contribution is 2.16. The second kappa shape index (κ2) is 7.23. The van der Waals surface area contributed by atoms with Crippen molar-refractivity contribution in [1.29, 1.82) is 0 Å². The number of carbonyl (C=O) groups excluding carboxylic acids is 1. The predicted octanol–water partition coefficient (Wildman–Crippen LogP) is 2.37. The maximum Gasteiger partial charge on any atom is 0.350 e. The lowest BCUT2D eigenvalue weighted by atomic mass is 10.1. The molecule has 0 saturated carbocycles. The molecule has 0 bridgehead atoms. The fourth-order valence-corrected chi connectivity index (χ4v) is 3.28. The summed E-state index contributed by atoms with van der Waals surface area (Å²) in [5, 5.41) is 7.13. The molecule has 1 N–H and O–H groups in total. The molecule has 0 radical (unpaired) electrons. The topological polar surface area (TPSA) is 98.6 Å². The quantitative estimate of drug-likeness (QED) is 0.577. The van der Waals surface area contributed by atoms with Gasteiger partial charge in [0.05, 0.1) is 12.1 Å². The van der Waals surface area contributed by atoms with Gasteiger partial charge in [-0.1, -0.05) is 18.2 Å². The Labute approximate surface area is 165 Å². The molecule has 0 aliphatic carbocycles. The molecule has 3 aromatic heterocycles. The number of anilines is 1. The minimum atomic E-state index is -0.489. The molecule has 3 heterocycles. The number of aromatic nitrogens is 3. The van der Waals surface area contributed by atoms with Gasteiger partial charge in [-0.2, -0.15) is 0 Å². The summed E-state index contributed by atoms with van der Waals surface area (Å²) in [4.78, 5) is 36.5. The Balaban J connectivity index is 1.59. The van der Waals surface area contributed by atoms with Crippen molar-refractivity contribution in [2.45, 2.75) is 20.4 Å². The van der Waals surface area contributed by atoms with E-state index in [0.29, 0.717) is 22.5 Å². The number of nitrogens with zero attached hydrogens (tertiary/aromatic N) is 3. The van der Waals surface area contributed by atoms with Gasteiger partial charge in [0.15, 0.2) is 5.65 Å². The van der Waals surface area contributed by atoms with E-state index in [2.05, 4.69) is 10.4 Å². The Morgan fingerprint density at radius 3 is 2.69 bits per heavy atom. The van der Waals surface area contributed by atoms with Gasteiger partial charge in [-0.3, -0.25) is 9.20 Å². The Hall–Kier alpha value is -3.94. The maximum absolute atomic E-state index is 12.7. The van der Waals surface area contributed by atoms with E-state index in [-0.39, 0.29) is 23.9 Å². The number of pyridine rings is 1. The van der Waals surface area contributed by atoms with Gasteiger partial charge < -0.3 is 9.73 Å². The number of fused-ring (bicyclic) bond motifs is 1. The summed E-state index contributed by atoms with van der Waals surface area (Å²) >= 11 is 0. The van der Waals surface area contributed by atoms with Crippen LogP contribution in [0.4, 0.5) is 5.69 Å². The Morgan fingerprint density at radius 1 is 1.10 bits per heavy atom. The molecular weight excluding hydrogens is 372 g/mol. The molecular formula is C21H18N4O4. The molecule has 0 fully saturated rings. The molecule has 4 rings (SSSR count). The molecule has 0 spiro atoms. The van der Waals surface area contributed by atoms with Gasteiger partial charge in [-0.05, 0) is 49.2 Å². The highest BCUT2D eigenvalue weighted by atomic mass is 16.4. The minimum Gasteiger partial charge on any atom is -0.427 e. The summed E-state index contributed by atoms with van der Waals surface area (Å²) in [5.74, 6) is -0.106. The number of rotatable bonds is 4. The average molecular weight is 390 g/mol. The van der Waals surface area contributed by atoms with E-state index in [1.165, 1.54) is 15.1 Å². The summed E-state index contributed by atoms with van der Waals surface area (Å²) in [6.45, 7) is 3.53. The number of hydrogen-bond acceptors (Lipinski definition) is 5. The Bertz CT molecular complexity index is 1320. The van der Waals surface area contributed by atoms with Gasteiger partial charge in [0.2, 0.25) is 0 Å². The predicted molar refractivity (Wildman–Crippen MR) is 107 cm³/mol. The number of aryl methyl sites for hydroxylation is 2. The maximum atomic E-state index is 12.7. The molecule has 0 unspecified atom stereocenters. The monoisotopic (exact) mass is 390 g/mol. The first-order valence-corrected chi connectivity index (χ1v) is 8.98. The smallest absolute Gasteiger partial charge is 0.350 e. The van der Waals surface area contributed by atoms with Gasteiger partial charge in [0, 0.05) is 18.0 Å². The third-order valence-corrected chi connectivity index (χ3v) is 4.57. The van der Waals surface area contributed by atoms with Crippen LogP contribution in [0.25, 0.3) is 5.65 Å². The van der Waals surface area contributed by atoms with Crippen LogP contribution in [0.5, 0.6) is 0 Å². The number of hydrogen-bond donors (Lipinski definition) is 1. The summed E-state index contributed by atoms with van der Waals surface area (Å²) in [7, 11) is 0. The van der Waals surface area contributed by atoms with Gasteiger partial charge in [-0.15, -0.1) is 5.10 Å². The van der Waals surface area contributed by atoms with Gasteiger partial charge >= 0.3 is 11.3 Å². The molecule has 0 aliphatic heterocycles. The van der Waals surface area contributed by atoms with Crippen LogP contribution >= 0.6 is 0 Å². The van der Waals surface area contributed by atoms with Crippen LogP contribution in [-0.4, -0.2) is 20.1 Å².